The summed E-state index contributed by atoms with van der Waals surface area (Å²) in [6, 6.07) is 9.03. The van der Waals surface area contributed by atoms with Gasteiger partial charge in [-0.05, 0) is 5.57 Å². The number of amides is 1. The van der Waals surface area contributed by atoms with Crippen LogP contribution in [0.3, 0.4) is 0 Å². The number of carboxylic acid groups (broad SMARTS) is 1. The van der Waals surface area contributed by atoms with Crippen LogP contribution in [-0.4, -0.2) is 59.6 Å². The summed E-state index contributed by atoms with van der Waals surface area (Å²) in [4.78, 5) is 29.6. The molecular formula is C17H17N5O3S2. The van der Waals surface area contributed by atoms with E-state index in [1.165, 1.54) is 28.4 Å². The first-order valence-corrected chi connectivity index (χ1v) is 10.3. The van der Waals surface area contributed by atoms with Crippen LogP contribution in [0.4, 0.5) is 0 Å². The number of nitrogens with zero attached hydrogens (tertiary/aromatic N) is 4. The molecule has 1 aromatic carbocycles. The molecule has 2 aromatic rings. The number of carbonyl (C=O) groups excluding carboxylic acids is 1. The smallest absolute Gasteiger partial charge is 0.352 e. The highest BCUT2D eigenvalue weighted by Crippen LogP contribution is 2.40. The van der Waals surface area contributed by atoms with E-state index in [-0.39, 0.29) is 17.0 Å². The van der Waals surface area contributed by atoms with Crippen LogP contribution in [0, 0.1) is 0 Å². The molecule has 1 aromatic heterocycles. The third kappa shape index (κ3) is 3.13. The molecule has 2 aliphatic rings. The standard InChI is InChI=1S/C17H17N5O3S2/c1-21-17(19-13(20-21)9-5-3-2-4-6-9)27-8-10-7-26-15-11(18)14(23)22(15)12(10)16(24)25/h2-6,11,15H,7-8,18H2,1H3,(H,24,25)/t11-,15?/m1/s1. The van der Waals surface area contributed by atoms with Crippen LogP contribution in [0.1, 0.15) is 0 Å². The average Bonchev–Trinajstić information content (AvgIpc) is 3.06. The fourth-order valence-corrected chi connectivity index (χ4v) is 5.39. The third-order valence-electron chi connectivity index (χ3n) is 4.42. The SMILES string of the molecule is Cn1nc(-c2ccccc2)nc1SCC1=C(C(=O)O)N2C(=O)[C@@H](N)C2SC1. The van der Waals surface area contributed by atoms with Crippen molar-refractivity contribution in [3.05, 3.63) is 41.6 Å². The molecule has 3 heterocycles. The molecule has 4 rings (SSSR count). The largest absolute Gasteiger partial charge is 0.477 e. The number of fused-ring (bicyclic) bond motifs is 1. The zero-order valence-corrected chi connectivity index (χ0v) is 16.0. The number of hydrogen-bond donors (Lipinski definition) is 2. The van der Waals surface area contributed by atoms with Crippen LogP contribution in [0.15, 0.2) is 46.8 Å². The van der Waals surface area contributed by atoms with Crippen molar-refractivity contribution in [2.24, 2.45) is 12.8 Å². The van der Waals surface area contributed by atoms with Gasteiger partial charge >= 0.3 is 5.97 Å². The Morgan fingerprint density at radius 3 is 2.85 bits per heavy atom. The minimum Gasteiger partial charge on any atom is -0.477 e. The molecule has 0 radical (unpaired) electrons. The quantitative estimate of drug-likeness (QED) is 0.565. The first-order valence-electron chi connectivity index (χ1n) is 8.22. The Labute approximate surface area is 163 Å². The van der Waals surface area contributed by atoms with Gasteiger partial charge < -0.3 is 10.8 Å². The maximum absolute atomic E-state index is 12.0. The van der Waals surface area contributed by atoms with Crippen LogP contribution >= 0.6 is 23.5 Å². The second-order valence-electron chi connectivity index (χ2n) is 6.19. The lowest BCUT2D eigenvalue weighted by atomic mass is 10.0. The Hall–Kier alpha value is -2.30. The zero-order valence-electron chi connectivity index (χ0n) is 14.4. The summed E-state index contributed by atoms with van der Waals surface area (Å²) in [6.07, 6.45) is 0. The van der Waals surface area contributed by atoms with E-state index >= 15 is 0 Å². The highest BCUT2D eigenvalue weighted by Gasteiger charge is 2.51. The van der Waals surface area contributed by atoms with Crippen molar-refractivity contribution in [1.82, 2.24) is 19.7 Å². The summed E-state index contributed by atoms with van der Waals surface area (Å²) in [5.41, 5.74) is 7.44. The fourth-order valence-electron chi connectivity index (χ4n) is 3.05. The van der Waals surface area contributed by atoms with E-state index in [0.29, 0.717) is 28.1 Å². The predicted molar refractivity (Wildman–Crippen MR) is 103 cm³/mol. The Morgan fingerprint density at radius 1 is 1.41 bits per heavy atom. The van der Waals surface area contributed by atoms with E-state index in [4.69, 9.17) is 5.73 Å². The Balaban J connectivity index is 1.55. The van der Waals surface area contributed by atoms with E-state index in [9.17, 15) is 14.7 Å². The van der Waals surface area contributed by atoms with Gasteiger partial charge in [0, 0.05) is 24.1 Å². The first-order chi connectivity index (χ1) is 13.0. The Bertz CT molecular complexity index is 943. The van der Waals surface area contributed by atoms with Gasteiger partial charge in [0.15, 0.2) is 11.0 Å². The minimum atomic E-state index is -1.10. The lowest BCUT2D eigenvalue weighted by molar-refractivity contribution is -0.147. The molecule has 0 spiro atoms. The summed E-state index contributed by atoms with van der Waals surface area (Å²) in [7, 11) is 1.80. The second-order valence-corrected chi connectivity index (χ2v) is 8.24. The van der Waals surface area contributed by atoms with Crippen molar-refractivity contribution < 1.29 is 14.7 Å². The van der Waals surface area contributed by atoms with Gasteiger partial charge in [0.1, 0.15) is 17.1 Å². The highest BCUT2D eigenvalue weighted by atomic mass is 32.2. The number of nitrogens with two attached hydrogens (primary N) is 1. The molecule has 0 bridgehead atoms. The molecule has 3 N–H and O–H groups in total. The van der Waals surface area contributed by atoms with Crippen molar-refractivity contribution in [3.8, 4) is 11.4 Å². The van der Waals surface area contributed by atoms with Crippen LogP contribution < -0.4 is 5.73 Å². The van der Waals surface area contributed by atoms with Crippen LogP contribution in [-0.2, 0) is 16.6 Å². The minimum absolute atomic E-state index is 0.0587. The van der Waals surface area contributed by atoms with Gasteiger partial charge in [0.25, 0.3) is 0 Å². The molecular weight excluding hydrogens is 386 g/mol. The molecule has 2 atom stereocenters. The predicted octanol–water partition coefficient (Wildman–Crippen LogP) is 1.16. The molecule has 2 aliphatic heterocycles. The number of benzene rings is 1. The number of thioether (sulfide) groups is 2. The molecule has 8 nitrogen and oxygen atoms in total. The summed E-state index contributed by atoms with van der Waals surface area (Å²) in [5, 5.41) is 14.4. The topological polar surface area (TPSA) is 114 Å². The van der Waals surface area contributed by atoms with Gasteiger partial charge in [-0.25, -0.2) is 14.5 Å². The number of β-lactam (4-membered cyclic amide) rings is 1. The van der Waals surface area contributed by atoms with Gasteiger partial charge in [-0.3, -0.25) is 9.69 Å². The summed E-state index contributed by atoms with van der Waals surface area (Å²) in [5.74, 6) is 0.132. The van der Waals surface area contributed by atoms with Crippen LogP contribution in [0.5, 0.6) is 0 Å². The van der Waals surface area contributed by atoms with Gasteiger partial charge in [0.05, 0.1) is 0 Å². The Kier molecular flexibility index (Phi) is 4.70. The molecule has 140 valence electrons. The van der Waals surface area contributed by atoms with E-state index < -0.39 is 12.0 Å². The number of aromatic nitrogens is 3. The normalized spacial score (nSPS) is 21.9. The van der Waals surface area contributed by atoms with Crippen molar-refractivity contribution in [3.63, 3.8) is 0 Å². The number of aliphatic carboxylic acids is 1. The maximum Gasteiger partial charge on any atom is 0.352 e. The number of hydrogen-bond acceptors (Lipinski definition) is 7. The summed E-state index contributed by atoms with van der Waals surface area (Å²) < 4.78 is 1.68. The lowest BCUT2D eigenvalue weighted by Crippen LogP contribution is -2.68. The zero-order chi connectivity index (χ0) is 19.1. The molecule has 0 aliphatic carbocycles. The van der Waals surface area contributed by atoms with E-state index in [1.807, 2.05) is 30.3 Å². The van der Waals surface area contributed by atoms with E-state index in [0.717, 1.165) is 5.56 Å². The molecule has 27 heavy (non-hydrogen) atoms. The average molecular weight is 403 g/mol. The van der Waals surface area contributed by atoms with Gasteiger partial charge in [0.2, 0.25) is 5.91 Å². The molecule has 1 amide bonds. The van der Waals surface area contributed by atoms with Crippen molar-refractivity contribution in [2.75, 3.05) is 11.5 Å². The molecule has 10 heteroatoms. The molecule has 1 saturated heterocycles. The van der Waals surface area contributed by atoms with Crippen molar-refractivity contribution >= 4 is 35.4 Å². The molecule has 1 unspecified atom stereocenters. The van der Waals surface area contributed by atoms with E-state index in [2.05, 4.69) is 10.1 Å². The van der Waals surface area contributed by atoms with Crippen molar-refractivity contribution in [2.45, 2.75) is 16.6 Å². The van der Waals surface area contributed by atoms with Gasteiger partial charge in [-0.1, -0.05) is 42.1 Å². The highest BCUT2D eigenvalue weighted by molar-refractivity contribution is 8.01. The van der Waals surface area contributed by atoms with Crippen molar-refractivity contribution in [1.29, 1.82) is 0 Å². The lowest BCUT2D eigenvalue weighted by Gasteiger charge is -2.48. The monoisotopic (exact) mass is 403 g/mol. The second kappa shape index (κ2) is 7.02. The number of carbonyl (C=O) groups is 2. The number of rotatable bonds is 5. The Morgan fingerprint density at radius 2 is 2.15 bits per heavy atom. The van der Waals surface area contributed by atoms with Gasteiger partial charge in [-0.2, -0.15) is 5.10 Å². The number of carboxylic acids is 1. The van der Waals surface area contributed by atoms with Gasteiger partial charge in [-0.15, -0.1) is 11.8 Å². The number of aryl methyl sites for hydroxylation is 1. The third-order valence-corrected chi connectivity index (χ3v) is 6.89. The summed E-state index contributed by atoms with van der Waals surface area (Å²) >= 11 is 2.90. The fraction of sp³-hybridized carbons (Fsp3) is 0.294. The maximum atomic E-state index is 12.0. The van der Waals surface area contributed by atoms with Crippen LogP contribution in [0.25, 0.3) is 11.4 Å². The molecule has 1 fully saturated rings. The summed E-state index contributed by atoms with van der Waals surface area (Å²) in [6.45, 7) is 0. The van der Waals surface area contributed by atoms with Crippen LogP contribution in [0.2, 0.25) is 0 Å². The van der Waals surface area contributed by atoms with E-state index in [1.54, 1.807) is 11.7 Å². The first kappa shape index (κ1) is 18.1. The molecule has 0 saturated carbocycles.